The van der Waals surface area contributed by atoms with Gasteiger partial charge in [-0.1, -0.05) is 12.6 Å². The van der Waals surface area contributed by atoms with Crippen molar-refractivity contribution in [1.82, 2.24) is 20.2 Å². The summed E-state index contributed by atoms with van der Waals surface area (Å²) in [6, 6.07) is 6.39. The molecule has 2 amide bonds. The van der Waals surface area contributed by atoms with Crippen LogP contribution in [-0.2, 0) is 64.3 Å². The fourth-order valence-corrected chi connectivity index (χ4v) is 6.84. The van der Waals surface area contributed by atoms with Gasteiger partial charge in [-0.15, -0.1) is 0 Å². The molecule has 2 aromatic heterocycles. The van der Waals surface area contributed by atoms with E-state index in [1.54, 1.807) is 37.4 Å². The van der Waals surface area contributed by atoms with E-state index in [4.69, 9.17) is 38.1 Å². The minimum Gasteiger partial charge on any atom is -0.469 e. The minimum absolute atomic E-state index is 0.0634. The Morgan fingerprint density at radius 2 is 1.98 bits per heavy atom. The van der Waals surface area contributed by atoms with Crippen molar-refractivity contribution in [1.29, 1.82) is 0 Å². The van der Waals surface area contributed by atoms with Crippen LogP contribution in [0.3, 0.4) is 0 Å². The number of epoxide rings is 1. The molecule has 288 valence electrons. The van der Waals surface area contributed by atoms with Crippen molar-refractivity contribution in [3.8, 4) is 17.1 Å². The molecule has 5 aliphatic rings. The zero-order valence-corrected chi connectivity index (χ0v) is 29.5. The number of aliphatic hydroxyl groups excluding tert-OH is 2. The number of esters is 1. The van der Waals surface area contributed by atoms with Gasteiger partial charge in [-0.2, -0.15) is 0 Å². The van der Waals surface area contributed by atoms with E-state index < -0.39 is 48.5 Å². The summed E-state index contributed by atoms with van der Waals surface area (Å²) < 4.78 is 39.6. The van der Waals surface area contributed by atoms with Crippen LogP contribution in [0.5, 0.6) is 5.75 Å². The molecule has 0 saturated carbocycles. The first-order valence-electron chi connectivity index (χ1n) is 17.5. The molecule has 5 aliphatic heterocycles. The summed E-state index contributed by atoms with van der Waals surface area (Å²) in [5, 5.41) is 29.4. The van der Waals surface area contributed by atoms with E-state index in [-0.39, 0.29) is 68.9 Å². The number of carbonyl (C=O) groups is 3. The van der Waals surface area contributed by atoms with E-state index in [9.17, 15) is 29.4 Å². The number of rotatable bonds is 12. The third-order valence-electron chi connectivity index (χ3n) is 9.73. The fraction of sp³-hybridized carbons (Fsp3) is 0.378. The van der Waals surface area contributed by atoms with Crippen LogP contribution in [0.2, 0.25) is 0 Å². The molecule has 55 heavy (non-hydrogen) atoms. The molecule has 5 unspecified atom stereocenters. The normalized spacial score (nSPS) is 23.5. The van der Waals surface area contributed by atoms with E-state index in [1.807, 2.05) is 0 Å². The number of aromatic nitrogens is 2. The molecule has 3 aromatic rings. The number of hydrogen-bond acceptors (Lipinski definition) is 15. The second-order valence-electron chi connectivity index (χ2n) is 13.3. The maximum absolute atomic E-state index is 13.6. The average Bonchev–Trinajstić information content (AvgIpc) is 3.43. The molecule has 5 atom stereocenters. The average molecular weight is 760 g/mol. The van der Waals surface area contributed by atoms with Gasteiger partial charge in [0.1, 0.15) is 43.5 Å². The topological polar surface area (TPSA) is 231 Å². The molecular weight excluding hydrogens is 722 g/mol. The Labute approximate surface area is 312 Å². The quantitative estimate of drug-likeness (QED) is 0.101. The van der Waals surface area contributed by atoms with E-state index in [1.165, 1.54) is 10.6 Å². The number of amides is 2. The lowest BCUT2D eigenvalue weighted by Crippen LogP contribution is -2.33. The number of aliphatic hydroxyl groups is 2. The Balaban J connectivity index is 1.03. The van der Waals surface area contributed by atoms with Crippen LogP contribution in [0, 0.1) is 0 Å². The van der Waals surface area contributed by atoms with Gasteiger partial charge in [0.05, 0.1) is 34.9 Å². The predicted molar refractivity (Wildman–Crippen MR) is 189 cm³/mol. The van der Waals surface area contributed by atoms with Gasteiger partial charge >= 0.3 is 12.1 Å². The molecule has 0 aliphatic carbocycles. The van der Waals surface area contributed by atoms with Crippen molar-refractivity contribution in [2.45, 2.75) is 63.6 Å². The van der Waals surface area contributed by atoms with E-state index >= 15 is 0 Å². The van der Waals surface area contributed by atoms with E-state index in [0.717, 1.165) is 0 Å². The van der Waals surface area contributed by atoms with Crippen LogP contribution in [0.1, 0.15) is 51.6 Å². The number of nitrogens with zero attached hydrogens (tertiary/aromatic N) is 2. The Morgan fingerprint density at radius 1 is 1.13 bits per heavy atom. The van der Waals surface area contributed by atoms with E-state index in [2.05, 4.69) is 22.5 Å². The third kappa shape index (κ3) is 7.06. The molecule has 3 saturated heterocycles. The Kier molecular flexibility index (Phi) is 9.84. The molecule has 7 heterocycles. The van der Waals surface area contributed by atoms with Gasteiger partial charge in [-0.3, -0.25) is 9.59 Å². The molecule has 8 rings (SSSR count). The second kappa shape index (κ2) is 14.9. The largest absolute Gasteiger partial charge is 0.469 e. The summed E-state index contributed by atoms with van der Waals surface area (Å²) in [7, 11) is 1.73. The van der Waals surface area contributed by atoms with Gasteiger partial charge in [-0.05, 0) is 48.5 Å². The maximum Gasteiger partial charge on any atom is 0.407 e. The predicted octanol–water partition coefficient (Wildman–Crippen LogP) is 1.15. The molecular formula is C37H37N5O13. The molecule has 5 N–H and O–H groups in total. The highest BCUT2D eigenvalue weighted by Crippen LogP contribution is 2.40. The van der Waals surface area contributed by atoms with Crippen LogP contribution in [-0.4, -0.2) is 89.5 Å². The fourth-order valence-electron chi connectivity index (χ4n) is 6.84. The molecule has 1 aromatic carbocycles. The smallest absolute Gasteiger partial charge is 0.407 e. The first-order valence-corrected chi connectivity index (χ1v) is 17.5. The Bertz CT molecular complexity index is 2180. The van der Waals surface area contributed by atoms with Crippen molar-refractivity contribution in [2.24, 2.45) is 0 Å². The second-order valence-corrected chi connectivity index (χ2v) is 13.3. The number of anilines is 1. The summed E-state index contributed by atoms with van der Waals surface area (Å²) in [5.74, 6) is -0.371. The zero-order valence-electron chi connectivity index (χ0n) is 29.5. The van der Waals surface area contributed by atoms with Crippen molar-refractivity contribution in [3.05, 3.63) is 86.0 Å². The minimum atomic E-state index is -1.62. The van der Waals surface area contributed by atoms with Gasteiger partial charge < -0.3 is 63.9 Å². The summed E-state index contributed by atoms with van der Waals surface area (Å²) in [6.07, 6.45) is -1.91. The van der Waals surface area contributed by atoms with Gasteiger partial charge in [0.2, 0.25) is 12.2 Å². The monoisotopic (exact) mass is 759 g/mol. The summed E-state index contributed by atoms with van der Waals surface area (Å²) in [5.41, 5.74) is 3.74. The maximum atomic E-state index is 13.6. The lowest BCUT2D eigenvalue weighted by molar-refractivity contribution is -0.158. The van der Waals surface area contributed by atoms with Crippen LogP contribution < -0.4 is 26.2 Å². The Morgan fingerprint density at radius 3 is 2.73 bits per heavy atom. The van der Waals surface area contributed by atoms with Crippen molar-refractivity contribution in [3.63, 3.8) is 0 Å². The molecule has 3 fully saturated rings. The van der Waals surface area contributed by atoms with Crippen molar-refractivity contribution < 1.29 is 57.8 Å². The van der Waals surface area contributed by atoms with Gasteiger partial charge in [-0.25, -0.2) is 14.6 Å². The number of benzene rings is 1. The van der Waals surface area contributed by atoms with Crippen LogP contribution in [0.15, 0.2) is 41.4 Å². The highest BCUT2D eigenvalue weighted by Gasteiger charge is 2.58. The summed E-state index contributed by atoms with van der Waals surface area (Å²) in [4.78, 5) is 56.5. The zero-order chi connectivity index (χ0) is 38.4. The van der Waals surface area contributed by atoms with Crippen LogP contribution in [0.25, 0.3) is 23.5 Å². The molecule has 18 heteroatoms. The van der Waals surface area contributed by atoms with Crippen LogP contribution in [0.4, 0.5) is 10.5 Å². The SMILES string of the molecule is C=Cc1nc2c(c(CNC(=O)OCc3ccc(OC4OC5OC5C4O)c(NC(=O)CCNC)c3)c1/C=C1\COCO1)Cn1c-2cc2c(c1=O)COC(=O)C2O. The van der Waals surface area contributed by atoms with Crippen molar-refractivity contribution in [2.75, 3.05) is 32.3 Å². The van der Waals surface area contributed by atoms with Gasteiger partial charge in [0.15, 0.2) is 19.2 Å². The number of carbonyl (C=O) groups excluding carboxylic acids is 3. The van der Waals surface area contributed by atoms with Crippen molar-refractivity contribution >= 4 is 35.8 Å². The van der Waals surface area contributed by atoms with Crippen LogP contribution >= 0.6 is 0 Å². The molecule has 0 radical (unpaired) electrons. The standard InChI is InChI=1S/C37H37N5O13/c1-3-24-19(9-18-14-49-16-52-18)21(22-12-42-26(29(22)41-24)10-20-23(33(42)46)15-50-34(47)30(20)44)11-39-37(48)51-13-17-4-5-27(25(8-17)40-28(43)6-7-38-2)53-35-31(45)32-36(54-32)55-35/h3-5,8-10,30-32,35-36,38,44-45H,1,6-7,11-16H2,2H3,(H,39,48)(H,40,43)/b18-9+. The molecule has 0 bridgehead atoms. The lowest BCUT2D eigenvalue weighted by Gasteiger charge is -2.21. The number of pyridine rings is 2. The third-order valence-corrected chi connectivity index (χ3v) is 9.73. The highest BCUT2D eigenvalue weighted by atomic mass is 16.8. The lowest BCUT2D eigenvalue weighted by atomic mass is 9.96. The first-order chi connectivity index (χ1) is 26.6. The number of alkyl carbamates (subject to hydrolysis) is 1. The molecule has 18 nitrogen and oxygen atoms in total. The number of nitrogens with one attached hydrogen (secondary N) is 3. The Hall–Kier alpha value is -5.63. The first kappa shape index (κ1) is 36.4. The van der Waals surface area contributed by atoms with Gasteiger partial charge in [0.25, 0.3) is 5.56 Å². The number of ether oxygens (including phenoxy) is 7. The summed E-state index contributed by atoms with van der Waals surface area (Å²) in [6.45, 7) is 4.22. The van der Waals surface area contributed by atoms with Gasteiger partial charge in [0, 0.05) is 36.2 Å². The molecule has 0 spiro atoms. The van der Waals surface area contributed by atoms with E-state index in [0.29, 0.717) is 57.3 Å². The number of fused-ring (bicyclic) bond motifs is 5. The summed E-state index contributed by atoms with van der Waals surface area (Å²) >= 11 is 0. The highest BCUT2D eigenvalue weighted by molar-refractivity contribution is 5.92. The number of hydrogen-bond donors (Lipinski definition) is 5. The number of cyclic esters (lactones) is 1.